The van der Waals surface area contributed by atoms with Crippen LogP contribution < -0.4 is 5.32 Å². The molecule has 108 valence electrons. The summed E-state index contributed by atoms with van der Waals surface area (Å²) in [7, 11) is 0. The third-order valence-corrected chi connectivity index (χ3v) is 2.38. The molecular formula is C12H18F2N2O3. The first-order valence-electron chi connectivity index (χ1n) is 6.05. The van der Waals surface area contributed by atoms with E-state index in [0.29, 0.717) is 19.6 Å². The number of carbonyl (C=O) groups is 1. The molecule has 0 spiro atoms. The average molecular weight is 276 g/mol. The molecule has 0 aliphatic heterocycles. The average Bonchev–Trinajstić information content (AvgIpc) is 2.80. The lowest BCUT2D eigenvalue weighted by atomic mass is 10.3. The molecule has 1 aromatic heterocycles. The van der Waals surface area contributed by atoms with Gasteiger partial charge in [0.1, 0.15) is 5.69 Å². The van der Waals surface area contributed by atoms with E-state index in [9.17, 15) is 13.6 Å². The molecule has 0 bridgehead atoms. The van der Waals surface area contributed by atoms with Crippen LogP contribution in [0.1, 0.15) is 16.9 Å². The maximum absolute atomic E-state index is 12.3. The number of hydrogen-bond acceptors (Lipinski definition) is 3. The second-order valence-electron chi connectivity index (χ2n) is 3.88. The molecule has 1 heterocycles. The lowest BCUT2D eigenvalue weighted by molar-refractivity contribution is 0.0859. The molecule has 7 heteroatoms. The first kappa shape index (κ1) is 15.6. The van der Waals surface area contributed by atoms with Crippen LogP contribution in [0.5, 0.6) is 0 Å². The number of ether oxygens (including phenoxy) is 1. The van der Waals surface area contributed by atoms with E-state index < -0.39 is 13.0 Å². The molecule has 0 aliphatic rings. The van der Waals surface area contributed by atoms with Gasteiger partial charge in [-0.3, -0.25) is 4.79 Å². The van der Waals surface area contributed by atoms with E-state index in [0.717, 1.165) is 0 Å². The first-order chi connectivity index (χ1) is 9.15. The molecule has 0 fully saturated rings. The molecule has 5 nitrogen and oxygen atoms in total. The van der Waals surface area contributed by atoms with Crippen LogP contribution in [0.3, 0.4) is 0 Å². The number of amides is 1. The van der Waals surface area contributed by atoms with Crippen molar-refractivity contribution in [1.82, 2.24) is 9.88 Å². The molecule has 0 aliphatic carbocycles. The highest BCUT2D eigenvalue weighted by Gasteiger charge is 2.13. The number of carbonyl (C=O) groups excluding carboxylic acids is 1. The zero-order valence-corrected chi connectivity index (χ0v) is 10.5. The Kier molecular flexibility index (Phi) is 7.06. The summed E-state index contributed by atoms with van der Waals surface area (Å²) in [4.78, 5) is 11.7. The number of halogens is 2. The van der Waals surface area contributed by atoms with E-state index in [-0.39, 0.29) is 24.8 Å². The summed E-state index contributed by atoms with van der Waals surface area (Å²) < 4.78 is 30.8. The van der Waals surface area contributed by atoms with Crippen molar-refractivity contribution in [2.45, 2.75) is 19.4 Å². The van der Waals surface area contributed by atoms with E-state index in [1.807, 2.05) is 0 Å². The van der Waals surface area contributed by atoms with Crippen molar-refractivity contribution in [2.24, 2.45) is 0 Å². The molecule has 1 amide bonds. The summed E-state index contributed by atoms with van der Waals surface area (Å²) >= 11 is 0. The predicted octanol–water partition coefficient (Wildman–Crippen LogP) is 0.882. The fourth-order valence-electron chi connectivity index (χ4n) is 1.56. The molecule has 0 unspecified atom stereocenters. The van der Waals surface area contributed by atoms with Gasteiger partial charge in [0.2, 0.25) is 0 Å². The minimum absolute atomic E-state index is 0.0342. The van der Waals surface area contributed by atoms with Crippen molar-refractivity contribution >= 4 is 5.91 Å². The SMILES string of the molecule is O=C(NCCCOCCO)c1cccn1CC(F)F. The minimum atomic E-state index is -2.49. The fourth-order valence-corrected chi connectivity index (χ4v) is 1.56. The first-order valence-corrected chi connectivity index (χ1v) is 6.05. The van der Waals surface area contributed by atoms with Crippen LogP contribution >= 0.6 is 0 Å². The van der Waals surface area contributed by atoms with Crippen LogP contribution in [-0.2, 0) is 11.3 Å². The maximum Gasteiger partial charge on any atom is 0.267 e. The third-order valence-electron chi connectivity index (χ3n) is 2.38. The lowest BCUT2D eigenvalue weighted by Crippen LogP contribution is -2.28. The predicted molar refractivity (Wildman–Crippen MR) is 65.3 cm³/mol. The smallest absolute Gasteiger partial charge is 0.267 e. The Balaban J connectivity index is 2.31. The molecular weight excluding hydrogens is 258 g/mol. The van der Waals surface area contributed by atoms with Crippen molar-refractivity contribution in [3.63, 3.8) is 0 Å². The quantitative estimate of drug-likeness (QED) is 0.658. The molecule has 19 heavy (non-hydrogen) atoms. The zero-order valence-electron chi connectivity index (χ0n) is 10.5. The highest BCUT2D eigenvalue weighted by Crippen LogP contribution is 2.06. The van der Waals surface area contributed by atoms with Gasteiger partial charge in [-0.2, -0.15) is 0 Å². The van der Waals surface area contributed by atoms with Gasteiger partial charge in [-0.05, 0) is 18.6 Å². The number of aromatic nitrogens is 1. The van der Waals surface area contributed by atoms with Crippen molar-refractivity contribution in [1.29, 1.82) is 0 Å². The Labute approximate surface area is 110 Å². The topological polar surface area (TPSA) is 63.5 Å². The lowest BCUT2D eigenvalue weighted by Gasteiger charge is -2.09. The normalized spacial score (nSPS) is 10.9. The Bertz CT molecular complexity index is 383. The van der Waals surface area contributed by atoms with Gasteiger partial charge in [0.05, 0.1) is 19.8 Å². The summed E-state index contributed by atoms with van der Waals surface area (Å²) in [5.74, 6) is -0.382. The van der Waals surface area contributed by atoms with Gasteiger partial charge < -0.3 is 19.7 Å². The molecule has 0 saturated carbocycles. The highest BCUT2D eigenvalue weighted by molar-refractivity contribution is 5.92. The number of aliphatic hydroxyl groups is 1. The minimum Gasteiger partial charge on any atom is -0.394 e. The van der Waals surface area contributed by atoms with Crippen LogP contribution in [0.25, 0.3) is 0 Å². The fraction of sp³-hybridized carbons (Fsp3) is 0.583. The van der Waals surface area contributed by atoms with Gasteiger partial charge in [-0.15, -0.1) is 0 Å². The van der Waals surface area contributed by atoms with Crippen LogP contribution in [0.2, 0.25) is 0 Å². The molecule has 1 rings (SSSR count). The van der Waals surface area contributed by atoms with E-state index in [2.05, 4.69) is 5.32 Å². The molecule has 0 saturated heterocycles. The van der Waals surface area contributed by atoms with Gasteiger partial charge in [0, 0.05) is 19.3 Å². The number of nitrogens with one attached hydrogen (secondary N) is 1. The van der Waals surface area contributed by atoms with E-state index >= 15 is 0 Å². The Morgan fingerprint density at radius 2 is 2.26 bits per heavy atom. The van der Waals surface area contributed by atoms with Gasteiger partial charge in [0.25, 0.3) is 12.3 Å². The number of rotatable bonds is 9. The standard InChI is InChI=1S/C12H18F2N2O3/c13-11(14)9-16-5-1-3-10(16)12(18)15-4-2-7-19-8-6-17/h1,3,5,11,17H,2,4,6-9H2,(H,15,18). The molecule has 0 radical (unpaired) electrons. The largest absolute Gasteiger partial charge is 0.394 e. The van der Waals surface area contributed by atoms with Gasteiger partial charge in [-0.25, -0.2) is 8.78 Å². The van der Waals surface area contributed by atoms with E-state index in [4.69, 9.17) is 9.84 Å². The van der Waals surface area contributed by atoms with Gasteiger partial charge >= 0.3 is 0 Å². The Hall–Kier alpha value is -1.47. The number of hydrogen-bond donors (Lipinski definition) is 2. The van der Waals surface area contributed by atoms with E-state index in [1.165, 1.54) is 16.8 Å². The van der Waals surface area contributed by atoms with Crippen LogP contribution in [-0.4, -0.2) is 48.4 Å². The van der Waals surface area contributed by atoms with Gasteiger partial charge in [-0.1, -0.05) is 0 Å². The monoisotopic (exact) mass is 276 g/mol. The summed E-state index contributed by atoms with van der Waals surface area (Å²) in [6.07, 6.45) is -0.446. The summed E-state index contributed by atoms with van der Waals surface area (Å²) in [5, 5.41) is 11.1. The van der Waals surface area contributed by atoms with Crippen molar-refractivity contribution in [2.75, 3.05) is 26.4 Å². The summed E-state index contributed by atoms with van der Waals surface area (Å²) in [6.45, 7) is 0.567. The van der Waals surface area contributed by atoms with Crippen molar-refractivity contribution in [3.05, 3.63) is 24.0 Å². The molecule has 1 aromatic rings. The van der Waals surface area contributed by atoms with Crippen LogP contribution in [0.15, 0.2) is 18.3 Å². The molecule has 2 N–H and O–H groups in total. The molecule has 0 atom stereocenters. The Morgan fingerprint density at radius 3 is 2.95 bits per heavy atom. The van der Waals surface area contributed by atoms with Crippen molar-refractivity contribution < 1.29 is 23.4 Å². The summed E-state index contributed by atoms with van der Waals surface area (Å²) in [5.41, 5.74) is 0.219. The summed E-state index contributed by atoms with van der Waals surface area (Å²) in [6, 6.07) is 3.06. The number of aliphatic hydroxyl groups excluding tert-OH is 1. The van der Waals surface area contributed by atoms with Crippen LogP contribution in [0, 0.1) is 0 Å². The molecule has 0 aromatic carbocycles. The van der Waals surface area contributed by atoms with Crippen molar-refractivity contribution in [3.8, 4) is 0 Å². The van der Waals surface area contributed by atoms with E-state index in [1.54, 1.807) is 6.07 Å². The maximum atomic E-state index is 12.3. The second kappa shape index (κ2) is 8.60. The third kappa shape index (κ3) is 5.80. The Morgan fingerprint density at radius 1 is 1.47 bits per heavy atom. The van der Waals surface area contributed by atoms with Crippen LogP contribution in [0.4, 0.5) is 8.78 Å². The number of nitrogens with zero attached hydrogens (tertiary/aromatic N) is 1. The second-order valence-corrected chi connectivity index (χ2v) is 3.88. The highest BCUT2D eigenvalue weighted by atomic mass is 19.3. The van der Waals surface area contributed by atoms with Gasteiger partial charge in [0.15, 0.2) is 0 Å². The number of alkyl halides is 2. The zero-order chi connectivity index (χ0) is 14.1.